The van der Waals surface area contributed by atoms with Gasteiger partial charge in [-0.1, -0.05) is 26.0 Å². The lowest BCUT2D eigenvalue weighted by Crippen LogP contribution is -2.33. The lowest BCUT2D eigenvalue weighted by Gasteiger charge is -2.18. The Morgan fingerprint density at radius 3 is 2.26 bits per heavy atom. The maximum Gasteiger partial charge on any atom is 0.242 e. The molecule has 1 aliphatic rings. The maximum atomic E-state index is 5.70. The third-order valence-corrected chi connectivity index (χ3v) is 3.42. The molecule has 2 rings (SSSR count). The molecule has 19 heavy (non-hydrogen) atoms. The Hall–Kier alpha value is -1.26. The van der Waals surface area contributed by atoms with E-state index in [-0.39, 0.29) is 6.29 Å². The van der Waals surface area contributed by atoms with E-state index in [0.717, 1.165) is 50.6 Å². The number of nitrogens with one attached hydrogen (secondary N) is 1. The van der Waals surface area contributed by atoms with Crippen LogP contribution in [0.3, 0.4) is 0 Å². The molecule has 1 aliphatic heterocycles. The van der Waals surface area contributed by atoms with Crippen LogP contribution in [0.15, 0.2) is 24.3 Å². The standard InChI is InChI=1S/C15H24N2O2/c1-3-17(4-2)12-11-16-10-9-15-18-13-7-5-6-8-14(13)19-15/h5-8,15-16H,3-4,9-12H2,1-2H3. The van der Waals surface area contributed by atoms with Gasteiger partial charge >= 0.3 is 0 Å². The van der Waals surface area contributed by atoms with Gasteiger partial charge < -0.3 is 19.7 Å². The Balaban J connectivity index is 1.58. The van der Waals surface area contributed by atoms with E-state index in [2.05, 4.69) is 24.1 Å². The van der Waals surface area contributed by atoms with Crippen molar-refractivity contribution in [2.45, 2.75) is 26.6 Å². The summed E-state index contributed by atoms with van der Waals surface area (Å²) in [5.74, 6) is 1.71. The second kappa shape index (κ2) is 7.36. The number of para-hydroxylation sites is 2. The van der Waals surface area contributed by atoms with E-state index in [0.29, 0.717) is 0 Å². The lowest BCUT2D eigenvalue weighted by molar-refractivity contribution is 0.0421. The molecule has 0 radical (unpaired) electrons. The van der Waals surface area contributed by atoms with Crippen molar-refractivity contribution < 1.29 is 9.47 Å². The second-order valence-corrected chi connectivity index (χ2v) is 4.68. The van der Waals surface area contributed by atoms with Crippen LogP contribution in [0.5, 0.6) is 11.5 Å². The smallest absolute Gasteiger partial charge is 0.242 e. The highest BCUT2D eigenvalue weighted by Crippen LogP contribution is 2.34. The number of benzene rings is 1. The van der Waals surface area contributed by atoms with E-state index < -0.39 is 0 Å². The van der Waals surface area contributed by atoms with Crippen LogP contribution in [0, 0.1) is 0 Å². The van der Waals surface area contributed by atoms with Crippen LogP contribution in [-0.2, 0) is 0 Å². The molecule has 1 N–H and O–H groups in total. The van der Waals surface area contributed by atoms with Crippen LogP contribution in [0.2, 0.25) is 0 Å². The first kappa shape index (κ1) is 14.2. The first-order valence-corrected chi connectivity index (χ1v) is 7.19. The molecule has 0 amide bonds. The Morgan fingerprint density at radius 1 is 1.05 bits per heavy atom. The molecule has 1 aromatic rings. The molecule has 0 atom stereocenters. The van der Waals surface area contributed by atoms with Crippen molar-refractivity contribution in [2.75, 3.05) is 32.7 Å². The molecule has 0 saturated heterocycles. The zero-order valence-corrected chi connectivity index (χ0v) is 11.9. The molecule has 1 heterocycles. The van der Waals surface area contributed by atoms with E-state index in [1.165, 1.54) is 0 Å². The molecule has 4 heteroatoms. The van der Waals surface area contributed by atoms with Crippen LogP contribution in [0.4, 0.5) is 0 Å². The van der Waals surface area contributed by atoms with Crippen molar-refractivity contribution in [3.8, 4) is 11.5 Å². The summed E-state index contributed by atoms with van der Waals surface area (Å²) in [5, 5.41) is 3.44. The molecule has 0 bridgehead atoms. The predicted molar refractivity (Wildman–Crippen MR) is 76.8 cm³/mol. The Morgan fingerprint density at radius 2 is 1.68 bits per heavy atom. The minimum atomic E-state index is -0.140. The van der Waals surface area contributed by atoms with Crippen LogP contribution in [0.1, 0.15) is 20.3 Å². The molecular formula is C15H24N2O2. The quantitative estimate of drug-likeness (QED) is 0.729. The average Bonchev–Trinajstić information content (AvgIpc) is 2.85. The second-order valence-electron chi connectivity index (χ2n) is 4.68. The average molecular weight is 264 g/mol. The number of hydrogen-bond donors (Lipinski definition) is 1. The summed E-state index contributed by atoms with van der Waals surface area (Å²) in [6.07, 6.45) is 0.728. The highest BCUT2D eigenvalue weighted by molar-refractivity contribution is 5.41. The summed E-state index contributed by atoms with van der Waals surface area (Å²) in [6.45, 7) is 9.65. The summed E-state index contributed by atoms with van der Waals surface area (Å²) in [5.41, 5.74) is 0. The van der Waals surface area contributed by atoms with E-state index in [4.69, 9.17) is 9.47 Å². The number of nitrogens with zero attached hydrogens (tertiary/aromatic N) is 1. The van der Waals surface area contributed by atoms with Gasteiger partial charge in [-0.3, -0.25) is 0 Å². The largest absolute Gasteiger partial charge is 0.451 e. The van der Waals surface area contributed by atoms with Gasteiger partial charge in [0.2, 0.25) is 6.29 Å². The monoisotopic (exact) mass is 264 g/mol. The van der Waals surface area contributed by atoms with E-state index in [1.807, 2.05) is 24.3 Å². The van der Waals surface area contributed by atoms with Gasteiger partial charge in [0.1, 0.15) is 0 Å². The fourth-order valence-corrected chi connectivity index (χ4v) is 2.19. The molecule has 0 spiro atoms. The zero-order valence-electron chi connectivity index (χ0n) is 11.9. The van der Waals surface area contributed by atoms with Gasteiger partial charge in [-0.05, 0) is 25.2 Å². The van der Waals surface area contributed by atoms with Crippen molar-refractivity contribution >= 4 is 0 Å². The molecule has 0 unspecified atom stereocenters. The van der Waals surface area contributed by atoms with E-state index >= 15 is 0 Å². The van der Waals surface area contributed by atoms with Crippen molar-refractivity contribution in [1.82, 2.24) is 10.2 Å². The summed E-state index contributed by atoms with van der Waals surface area (Å²) in [4.78, 5) is 2.41. The number of hydrogen-bond acceptors (Lipinski definition) is 4. The van der Waals surface area contributed by atoms with E-state index in [1.54, 1.807) is 0 Å². The molecule has 4 nitrogen and oxygen atoms in total. The minimum absolute atomic E-state index is 0.140. The third-order valence-electron chi connectivity index (χ3n) is 3.42. The first-order valence-electron chi connectivity index (χ1n) is 7.19. The number of likely N-dealkylation sites (N-methyl/N-ethyl adjacent to an activating group) is 1. The number of fused-ring (bicyclic) bond motifs is 1. The minimum Gasteiger partial charge on any atom is -0.451 e. The third kappa shape index (κ3) is 4.11. The van der Waals surface area contributed by atoms with Gasteiger partial charge in [0.05, 0.1) is 0 Å². The maximum absolute atomic E-state index is 5.70. The SMILES string of the molecule is CCN(CC)CCNCCC1Oc2ccccc2O1. The summed E-state index contributed by atoms with van der Waals surface area (Å²) < 4.78 is 11.4. The Kier molecular flexibility index (Phi) is 5.48. The Labute approximate surface area is 115 Å². The van der Waals surface area contributed by atoms with Crippen molar-refractivity contribution in [3.05, 3.63) is 24.3 Å². The van der Waals surface area contributed by atoms with Gasteiger partial charge in [0, 0.05) is 26.1 Å². The predicted octanol–water partition coefficient (Wildman–Crippen LogP) is 2.11. The van der Waals surface area contributed by atoms with Gasteiger partial charge in [0.15, 0.2) is 11.5 Å². The van der Waals surface area contributed by atoms with Crippen molar-refractivity contribution in [1.29, 1.82) is 0 Å². The summed E-state index contributed by atoms with van der Waals surface area (Å²) in [7, 11) is 0. The molecule has 0 aliphatic carbocycles. The topological polar surface area (TPSA) is 33.7 Å². The molecule has 0 aromatic heterocycles. The van der Waals surface area contributed by atoms with E-state index in [9.17, 15) is 0 Å². The van der Waals surface area contributed by atoms with Crippen LogP contribution in [-0.4, -0.2) is 43.9 Å². The fourth-order valence-electron chi connectivity index (χ4n) is 2.19. The van der Waals surface area contributed by atoms with Crippen molar-refractivity contribution in [3.63, 3.8) is 0 Å². The van der Waals surface area contributed by atoms with Gasteiger partial charge in [0.25, 0.3) is 0 Å². The fraction of sp³-hybridized carbons (Fsp3) is 0.600. The molecular weight excluding hydrogens is 240 g/mol. The summed E-state index contributed by atoms with van der Waals surface area (Å²) >= 11 is 0. The molecule has 0 saturated carbocycles. The van der Waals surface area contributed by atoms with Crippen molar-refractivity contribution in [2.24, 2.45) is 0 Å². The van der Waals surface area contributed by atoms with Gasteiger partial charge in [-0.25, -0.2) is 0 Å². The Bertz CT molecular complexity index is 355. The normalized spacial score (nSPS) is 14.3. The molecule has 106 valence electrons. The van der Waals surface area contributed by atoms with Crippen LogP contribution in [0.25, 0.3) is 0 Å². The number of rotatable bonds is 8. The van der Waals surface area contributed by atoms with Gasteiger partial charge in [-0.15, -0.1) is 0 Å². The summed E-state index contributed by atoms with van der Waals surface area (Å²) in [6, 6.07) is 7.83. The lowest BCUT2D eigenvalue weighted by atomic mass is 10.3. The van der Waals surface area contributed by atoms with Gasteiger partial charge in [-0.2, -0.15) is 0 Å². The van der Waals surface area contributed by atoms with Crippen LogP contribution >= 0.6 is 0 Å². The number of ether oxygens (including phenoxy) is 2. The first-order chi connectivity index (χ1) is 9.33. The molecule has 1 aromatic carbocycles. The zero-order chi connectivity index (χ0) is 13.5. The molecule has 0 fully saturated rings. The highest BCUT2D eigenvalue weighted by Gasteiger charge is 2.22. The highest BCUT2D eigenvalue weighted by atomic mass is 16.7. The van der Waals surface area contributed by atoms with Crippen LogP contribution < -0.4 is 14.8 Å².